The van der Waals surface area contributed by atoms with Crippen molar-refractivity contribution >= 4 is 34.1 Å². The van der Waals surface area contributed by atoms with Crippen molar-refractivity contribution < 1.29 is 19.4 Å². The molecule has 52 heavy (non-hydrogen) atoms. The van der Waals surface area contributed by atoms with E-state index >= 15 is 0 Å². The van der Waals surface area contributed by atoms with E-state index < -0.39 is 0 Å². The molecule has 2 amide bonds. The summed E-state index contributed by atoms with van der Waals surface area (Å²) in [6, 6.07) is 38.0. The summed E-state index contributed by atoms with van der Waals surface area (Å²) in [6.45, 7) is 3.49. The average molecular weight is 691 g/mol. The molecular formula is C44H42N4O4. The van der Waals surface area contributed by atoms with Gasteiger partial charge in [-0.25, -0.2) is 0 Å². The Balaban J connectivity index is 1.23. The molecule has 1 N–H and O–H groups in total. The molecule has 262 valence electrons. The second-order valence-electron chi connectivity index (χ2n) is 13.7. The van der Waals surface area contributed by atoms with Gasteiger partial charge in [0.2, 0.25) is 0 Å². The number of aromatic hydroxyl groups is 1. The maximum Gasteiger partial charge on any atom is 0.265 e. The average Bonchev–Trinajstić information content (AvgIpc) is 3.58. The molecule has 1 aromatic heterocycles. The molecule has 1 atom stereocenters. The zero-order chi connectivity index (χ0) is 35.6. The number of hydrogen-bond donors (Lipinski definition) is 1. The van der Waals surface area contributed by atoms with Crippen LogP contribution in [0.4, 0.5) is 11.4 Å². The number of methoxy groups -OCH3 is 1. The van der Waals surface area contributed by atoms with Crippen LogP contribution in [0.15, 0.2) is 128 Å². The predicted molar refractivity (Wildman–Crippen MR) is 205 cm³/mol. The first-order valence-electron chi connectivity index (χ1n) is 18.1. The first-order chi connectivity index (χ1) is 25.5. The quantitative estimate of drug-likeness (QED) is 0.174. The van der Waals surface area contributed by atoms with Crippen LogP contribution >= 0.6 is 0 Å². The summed E-state index contributed by atoms with van der Waals surface area (Å²) in [5.74, 6) is 0.444. The number of benzene rings is 5. The van der Waals surface area contributed by atoms with Crippen molar-refractivity contribution in [3.63, 3.8) is 0 Å². The van der Waals surface area contributed by atoms with Crippen LogP contribution in [0.25, 0.3) is 16.6 Å². The molecule has 0 spiro atoms. The van der Waals surface area contributed by atoms with Crippen LogP contribution in [-0.4, -0.2) is 64.1 Å². The number of amides is 2. The Morgan fingerprint density at radius 3 is 2.23 bits per heavy atom. The minimum Gasteiger partial charge on any atom is -0.508 e. The van der Waals surface area contributed by atoms with Crippen LogP contribution in [0.1, 0.15) is 51.1 Å². The Morgan fingerprint density at radius 1 is 0.769 bits per heavy atom. The highest BCUT2D eigenvalue weighted by molar-refractivity contribution is 6.17. The Hall–Kier alpha value is -5.86. The molecule has 2 aliphatic rings. The standard InChI is InChI=1S/C44H42N4O4/c1-52-37-22-23-39(43(50)46-28-32-13-7-6-12-31(32)26-35(46)29-45-24-10-3-11-25-45)42(27-37)47-30-40(38-16-8-9-17-41(38)47)44(51)48(33-14-4-2-5-15-33)34-18-20-36(49)21-19-34/h2,4-9,12-23,27,30,35,49H,3,10-11,24-26,28-29H2,1H3/t35-/m0/s1. The number of aromatic nitrogens is 1. The second kappa shape index (κ2) is 14.4. The fourth-order valence-electron chi connectivity index (χ4n) is 7.83. The maximum absolute atomic E-state index is 15.0. The Kier molecular flexibility index (Phi) is 9.22. The van der Waals surface area contributed by atoms with Gasteiger partial charge in [-0.15, -0.1) is 0 Å². The largest absolute Gasteiger partial charge is 0.508 e. The van der Waals surface area contributed by atoms with Crippen LogP contribution in [-0.2, 0) is 13.0 Å². The number of para-hydroxylation sites is 2. The van der Waals surface area contributed by atoms with Gasteiger partial charge in [0, 0.05) is 48.2 Å². The number of fused-ring (bicyclic) bond motifs is 2. The summed E-state index contributed by atoms with van der Waals surface area (Å²) in [7, 11) is 1.62. The third-order valence-corrected chi connectivity index (χ3v) is 10.5. The molecule has 8 rings (SSSR count). The minimum absolute atomic E-state index is 0.0266. The lowest BCUT2D eigenvalue weighted by Gasteiger charge is -2.40. The van der Waals surface area contributed by atoms with Crippen molar-refractivity contribution in [3.05, 3.63) is 150 Å². The normalized spacial score (nSPS) is 16.0. The molecule has 0 bridgehead atoms. The Bertz CT molecular complexity index is 2220. The van der Waals surface area contributed by atoms with Crippen LogP contribution < -0.4 is 9.64 Å². The molecule has 1 saturated heterocycles. The number of nitrogens with zero attached hydrogens (tertiary/aromatic N) is 4. The highest BCUT2D eigenvalue weighted by Gasteiger charge is 2.34. The number of carbonyl (C=O) groups is 2. The highest BCUT2D eigenvalue weighted by atomic mass is 16.5. The van der Waals surface area contributed by atoms with E-state index in [1.54, 1.807) is 36.3 Å². The van der Waals surface area contributed by atoms with Crippen molar-refractivity contribution in [2.75, 3.05) is 31.6 Å². The van der Waals surface area contributed by atoms with E-state index in [4.69, 9.17) is 4.74 Å². The Labute approximate surface area is 304 Å². The van der Waals surface area contributed by atoms with Gasteiger partial charge in [-0.05, 0) is 98.1 Å². The number of anilines is 2. The van der Waals surface area contributed by atoms with E-state index in [2.05, 4.69) is 28.0 Å². The number of ether oxygens (including phenoxy) is 1. The van der Waals surface area contributed by atoms with Gasteiger partial charge in [0.05, 0.1) is 29.4 Å². The molecule has 3 heterocycles. The third-order valence-electron chi connectivity index (χ3n) is 10.5. The van der Waals surface area contributed by atoms with Crippen LogP contribution in [0, 0.1) is 0 Å². The number of carbonyl (C=O) groups excluding carboxylic acids is 2. The summed E-state index contributed by atoms with van der Waals surface area (Å²) in [4.78, 5) is 36.0. The van der Waals surface area contributed by atoms with Gasteiger partial charge in [0.15, 0.2) is 0 Å². The molecule has 1 fully saturated rings. The molecule has 0 unspecified atom stereocenters. The first-order valence-corrected chi connectivity index (χ1v) is 18.1. The summed E-state index contributed by atoms with van der Waals surface area (Å²) < 4.78 is 7.67. The molecule has 0 aliphatic carbocycles. The van der Waals surface area contributed by atoms with E-state index in [1.165, 1.54) is 30.4 Å². The lowest BCUT2D eigenvalue weighted by molar-refractivity contribution is 0.0566. The van der Waals surface area contributed by atoms with E-state index in [-0.39, 0.29) is 23.6 Å². The van der Waals surface area contributed by atoms with Crippen LogP contribution in [0.5, 0.6) is 11.5 Å². The van der Waals surface area contributed by atoms with Crippen molar-refractivity contribution in [2.24, 2.45) is 0 Å². The van der Waals surface area contributed by atoms with Crippen molar-refractivity contribution in [2.45, 2.75) is 38.3 Å². The number of phenolic OH excluding ortho intramolecular Hbond substituents is 1. The SMILES string of the molecule is COc1ccc(C(=O)N2Cc3ccccc3C[C@H]2CN2CCCCC2)c(-n2cc(C(=O)N(c3ccccc3)c3ccc(O)cc3)c3ccccc32)c1. The molecular weight excluding hydrogens is 649 g/mol. The second-order valence-corrected chi connectivity index (χ2v) is 13.7. The molecule has 0 radical (unpaired) electrons. The lowest BCUT2D eigenvalue weighted by Crippen LogP contribution is -2.51. The third kappa shape index (κ3) is 6.42. The number of rotatable bonds is 8. The first kappa shape index (κ1) is 33.3. The van der Waals surface area contributed by atoms with Gasteiger partial charge in [-0.2, -0.15) is 0 Å². The number of likely N-dealkylation sites (tertiary alicyclic amines) is 1. The molecule has 6 aromatic rings. The van der Waals surface area contributed by atoms with Crippen LogP contribution in [0.2, 0.25) is 0 Å². The molecule has 5 aromatic carbocycles. The van der Waals surface area contributed by atoms with Gasteiger partial charge < -0.3 is 24.2 Å². The molecule has 8 heteroatoms. The van der Waals surface area contributed by atoms with E-state index in [9.17, 15) is 14.7 Å². The van der Waals surface area contributed by atoms with Crippen molar-refractivity contribution in [3.8, 4) is 17.2 Å². The summed E-state index contributed by atoms with van der Waals surface area (Å²) in [5, 5.41) is 10.8. The van der Waals surface area contributed by atoms with Gasteiger partial charge >= 0.3 is 0 Å². The monoisotopic (exact) mass is 690 g/mol. The summed E-state index contributed by atoms with van der Waals surface area (Å²) in [6.07, 6.45) is 6.29. The number of phenols is 1. The zero-order valence-electron chi connectivity index (χ0n) is 29.3. The molecule has 8 nitrogen and oxygen atoms in total. The highest BCUT2D eigenvalue weighted by Crippen LogP contribution is 2.35. The van der Waals surface area contributed by atoms with Gasteiger partial charge in [-0.3, -0.25) is 14.5 Å². The van der Waals surface area contributed by atoms with E-state index in [0.717, 1.165) is 37.0 Å². The fourth-order valence-corrected chi connectivity index (χ4v) is 7.83. The lowest BCUT2D eigenvalue weighted by atomic mass is 9.92. The van der Waals surface area contributed by atoms with Gasteiger partial charge in [0.25, 0.3) is 11.8 Å². The number of piperidine rings is 1. The Morgan fingerprint density at radius 2 is 1.46 bits per heavy atom. The molecule has 0 saturated carbocycles. The van der Waals surface area contributed by atoms with E-state index in [1.807, 2.05) is 89.6 Å². The summed E-state index contributed by atoms with van der Waals surface area (Å²) in [5.41, 5.74) is 6.25. The number of hydrogen-bond acceptors (Lipinski definition) is 5. The van der Waals surface area contributed by atoms with E-state index in [0.29, 0.717) is 40.5 Å². The molecule has 2 aliphatic heterocycles. The van der Waals surface area contributed by atoms with Gasteiger partial charge in [0.1, 0.15) is 11.5 Å². The van der Waals surface area contributed by atoms with Crippen molar-refractivity contribution in [1.82, 2.24) is 14.4 Å². The van der Waals surface area contributed by atoms with Gasteiger partial charge in [-0.1, -0.05) is 67.1 Å². The smallest absolute Gasteiger partial charge is 0.265 e. The predicted octanol–water partition coefficient (Wildman–Crippen LogP) is 8.38. The fraction of sp³-hybridized carbons (Fsp3) is 0.227. The topological polar surface area (TPSA) is 78.2 Å². The van der Waals surface area contributed by atoms with Crippen molar-refractivity contribution in [1.29, 1.82) is 0 Å². The minimum atomic E-state index is -0.239. The summed E-state index contributed by atoms with van der Waals surface area (Å²) >= 11 is 0. The van der Waals surface area contributed by atoms with Crippen LogP contribution in [0.3, 0.4) is 0 Å². The maximum atomic E-state index is 15.0. The zero-order valence-corrected chi connectivity index (χ0v) is 29.3.